The van der Waals surface area contributed by atoms with Gasteiger partial charge in [-0.1, -0.05) is 12.1 Å². The second kappa shape index (κ2) is 7.92. The number of hydrogen-bond donors (Lipinski definition) is 1. The lowest BCUT2D eigenvalue weighted by Gasteiger charge is -2.21. The van der Waals surface area contributed by atoms with Gasteiger partial charge in [0, 0.05) is 34.7 Å². The van der Waals surface area contributed by atoms with Gasteiger partial charge in [-0.2, -0.15) is 0 Å². The smallest absolute Gasteiger partial charge is 0.305 e. The van der Waals surface area contributed by atoms with Gasteiger partial charge in [0.15, 0.2) is 0 Å². The number of piperidine rings is 1. The highest BCUT2D eigenvalue weighted by molar-refractivity contribution is 14.2. The Balaban J connectivity index is 2.00. The number of carbonyl (C=O) groups is 2. The summed E-state index contributed by atoms with van der Waals surface area (Å²) in [6.45, 7) is 0.631. The van der Waals surface area contributed by atoms with Crippen molar-refractivity contribution in [3.63, 3.8) is 0 Å². The summed E-state index contributed by atoms with van der Waals surface area (Å²) in [7, 11) is 3.02. The van der Waals surface area contributed by atoms with Crippen LogP contribution in [-0.4, -0.2) is 27.6 Å². The van der Waals surface area contributed by atoms with Crippen LogP contribution in [0.15, 0.2) is 23.0 Å². The van der Waals surface area contributed by atoms with E-state index in [1.165, 1.54) is 13.8 Å². The Kier molecular flexibility index (Phi) is 5.85. The number of fused-ring (bicyclic) bond motifs is 1. The number of carbonyl (C=O) groups excluding carboxylic acids is 2. The summed E-state index contributed by atoms with van der Waals surface area (Å²) in [4.78, 5) is 36.4. The maximum atomic E-state index is 12.8. The van der Waals surface area contributed by atoms with Crippen molar-refractivity contribution in [2.75, 3.05) is 6.61 Å². The Morgan fingerprint density at radius 1 is 1.36 bits per heavy atom. The van der Waals surface area contributed by atoms with Crippen molar-refractivity contribution in [2.45, 2.75) is 31.7 Å². The Hall–Kier alpha value is -1.33. The SMILES string of the molecule is Cn1c(=O)n(C2CCC(=O)NC2=O)c2cccc(CCCOSI)c21. The number of aromatic nitrogens is 2. The van der Waals surface area contributed by atoms with E-state index in [1.807, 2.05) is 18.2 Å². The van der Waals surface area contributed by atoms with Crippen LogP contribution >= 0.6 is 30.4 Å². The molecule has 0 spiro atoms. The summed E-state index contributed by atoms with van der Waals surface area (Å²) in [5, 5.41) is 2.33. The standard InChI is InChI=1S/C16H18IN3O4S/c1-19-14-10(5-3-9-24-25-17)4-2-6-11(14)20(16(19)23)12-7-8-13(21)18-15(12)22/h2,4,6,12H,3,5,7-9H2,1H3,(H,18,21,22). The van der Waals surface area contributed by atoms with E-state index >= 15 is 0 Å². The Morgan fingerprint density at radius 2 is 2.16 bits per heavy atom. The molecule has 1 aliphatic rings. The number of benzene rings is 1. The molecule has 1 aromatic carbocycles. The lowest BCUT2D eigenvalue weighted by atomic mass is 10.0. The van der Waals surface area contributed by atoms with Crippen molar-refractivity contribution in [1.82, 2.24) is 14.5 Å². The fourth-order valence-corrected chi connectivity index (χ4v) is 4.02. The molecule has 1 unspecified atom stereocenters. The third-order valence-electron chi connectivity index (χ3n) is 4.43. The highest BCUT2D eigenvalue weighted by atomic mass is 127. The molecule has 2 aromatic rings. The number of nitrogens with zero attached hydrogens (tertiary/aromatic N) is 2. The number of halogens is 1. The average Bonchev–Trinajstić information content (AvgIpc) is 2.84. The summed E-state index contributed by atoms with van der Waals surface area (Å²) in [5.74, 6) is -0.702. The lowest BCUT2D eigenvalue weighted by Crippen LogP contribution is -2.44. The number of hydrogen-bond acceptors (Lipinski definition) is 5. The fourth-order valence-electron chi connectivity index (χ4n) is 3.30. The van der Waals surface area contributed by atoms with Gasteiger partial charge in [0.1, 0.15) is 6.04 Å². The van der Waals surface area contributed by atoms with Gasteiger partial charge < -0.3 is 4.18 Å². The predicted molar refractivity (Wildman–Crippen MR) is 104 cm³/mol. The first-order valence-electron chi connectivity index (χ1n) is 7.97. The summed E-state index contributed by atoms with van der Waals surface area (Å²) in [6.07, 6.45) is 2.20. The number of para-hydroxylation sites is 1. The van der Waals surface area contributed by atoms with Crippen LogP contribution < -0.4 is 11.0 Å². The van der Waals surface area contributed by atoms with E-state index in [4.69, 9.17) is 4.18 Å². The number of nitrogens with one attached hydrogen (secondary N) is 1. The van der Waals surface area contributed by atoms with E-state index in [-0.39, 0.29) is 18.0 Å². The molecule has 3 rings (SSSR count). The molecule has 0 bridgehead atoms. The van der Waals surface area contributed by atoms with E-state index in [1.54, 1.807) is 11.6 Å². The van der Waals surface area contributed by atoms with Crippen molar-refractivity contribution in [3.8, 4) is 0 Å². The highest BCUT2D eigenvalue weighted by Crippen LogP contribution is 2.25. The minimum atomic E-state index is -0.650. The van der Waals surface area contributed by atoms with Crippen molar-refractivity contribution < 1.29 is 13.8 Å². The normalized spacial score (nSPS) is 17.9. The fraction of sp³-hybridized carbons (Fsp3) is 0.438. The van der Waals surface area contributed by atoms with Crippen molar-refractivity contribution in [2.24, 2.45) is 7.05 Å². The molecular weight excluding hydrogens is 457 g/mol. The minimum Gasteiger partial charge on any atom is -0.305 e. The van der Waals surface area contributed by atoms with Gasteiger partial charge in [-0.25, -0.2) is 4.79 Å². The van der Waals surface area contributed by atoms with Crippen LogP contribution in [-0.2, 0) is 27.2 Å². The van der Waals surface area contributed by atoms with Crippen LogP contribution in [0.1, 0.15) is 30.9 Å². The second-order valence-corrected chi connectivity index (χ2v) is 7.39. The zero-order valence-corrected chi connectivity index (χ0v) is 16.6. The van der Waals surface area contributed by atoms with Gasteiger partial charge in [0.05, 0.1) is 26.9 Å². The largest absolute Gasteiger partial charge is 0.329 e. The summed E-state index contributed by atoms with van der Waals surface area (Å²) < 4.78 is 8.39. The van der Waals surface area contributed by atoms with Gasteiger partial charge in [-0.15, -0.1) is 0 Å². The van der Waals surface area contributed by atoms with Gasteiger partial charge in [-0.3, -0.25) is 24.0 Å². The quantitative estimate of drug-likeness (QED) is 0.300. The van der Waals surface area contributed by atoms with Gasteiger partial charge in [0.2, 0.25) is 11.8 Å². The van der Waals surface area contributed by atoms with Crippen LogP contribution in [0.25, 0.3) is 11.0 Å². The van der Waals surface area contributed by atoms with Crippen molar-refractivity contribution in [3.05, 3.63) is 34.2 Å². The zero-order valence-electron chi connectivity index (χ0n) is 13.7. The topological polar surface area (TPSA) is 82.3 Å². The molecule has 1 aliphatic heterocycles. The van der Waals surface area contributed by atoms with Crippen LogP contribution in [0, 0.1) is 0 Å². The minimum absolute atomic E-state index is 0.240. The number of imide groups is 1. The van der Waals surface area contributed by atoms with Crippen LogP contribution in [0.5, 0.6) is 0 Å². The van der Waals surface area contributed by atoms with Crippen molar-refractivity contribution in [1.29, 1.82) is 0 Å². The lowest BCUT2D eigenvalue weighted by molar-refractivity contribution is -0.135. The van der Waals surface area contributed by atoms with Gasteiger partial charge in [0.25, 0.3) is 0 Å². The van der Waals surface area contributed by atoms with Gasteiger partial charge in [-0.05, 0) is 30.9 Å². The number of amides is 2. The summed E-state index contributed by atoms with van der Waals surface area (Å²) in [5.41, 5.74) is 2.37. The zero-order chi connectivity index (χ0) is 18.0. The van der Waals surface area contributed by atoms with Crippen LogP contribution in [0.4, 0.5) is 0 Å². The molecule has 0 saturated carbocycles. The molecular formula is C16H18IN3O4S. The van der Waals surface area contributed by atoms with Crippen molar-refractivity contribution >= 4 is 53.3 Å². The Labute approximate surface area is 160 Å². The summed E-state index contributed by atoms with van der Waals surface area (Å²) >= 11 is 2.08. The first-order valence-corrected chi connectivity index (χ1v) is 11.3. The third kappa shape index (κ3) is 3.63. The molecule has 2 heterocycles. The van der Waals surface area contributed by atoms with E-state index in [2.05, 4.69) is 26.5 Å². The summed E-state index contributed by atoms with van der Waals surface area (Å²) in [6, 6.07) is 5.09. The molecule has 2 amide bonds. The molecule has 1 N–H and O–H groups in total. The van der Waals surface area contributed by atoms with Crippen LogP contribution in [0.3, 0.4) is 0 Å². The van der Waals surface area contributed by atoms with Crippen LogP contribution in [0.2, 0.25) is 0 Å². The molecule has 134 valence electrons. The molecule has 1 aromatic heterocycles. The van der Waals surface area contributed by atoms with E-state index in [0.717, 1.165) is 29.4 Å². The Bertz CT molecular complexity index is 876. The maximum absolute atomic E-state index is 12.8. The molecule has 1 saturated heterocycles. The third-order valence-corrected chi connectivity index (χ3v) is 5.44. The Morgan fingerprint density at radius 3 is 2.88 bits per heavy atom. The molecule has 0 aliphatic carbocycles. The first kappa shape index (κ1) is 18.5. The number of rotatable bonds is 6. The molecule has 0 radical (unpaired) electrons. The monoisotopic (exact) mass is 475 g/mol. The second-order valence-electron chi connectivity index (χ2n) is 5.95. The first-order chi connectivity index (χ1) is 12.0. The highest BCUT2D eigenvalue weighted by Gasteiger charge is 2.31. The number of aryl methyl sites for hydroxylation is 2. The average molecular weight is 475 g/mol. The molecule has 7 nitrogen and oxygen atoms in total. The molecule has 1 fully saturated rings. The molecule has 9 heteroatoms. The van der Waals surface area contributed by atoms with Gasteiger partial charge >= 0.3 is 5.69 Å². The molecule has 25 heavy (non-hydrogen) atoms. The molecule has 1 atom stereocenters. The number of imidazole rings is 1. The predicted octanol–water partition coefficient (Wildman–Crippen LogP) is 2.27. The van der Waals surface area contributed by atoms with E-state index < -0.39 is 11.9 Å². The van der Waals surface area contributed by atoms with E-state index in [0.29, 0.717) is 13.0 Å². The maximum Gasteiger partial charge on any atom is 0.329 e. The van der Waals surface area contributed by atoms with E-state index in [9.17, 15) is 14.4 Å².